The number of hydrogen-bond donors (Lipinski definition) is 1. The van der Waals surface area contributed by atoms with Crippen LogP contribution in [-0.4, -0.2) is 32.5 Å². The number of ketones is 1. The Balaban J connectivity index is 1.44. The zero-order valence-electron chi connectivity index (χ0n) is 22.2. The van der Waals surface area contributed by atoms with Crippen molar-refractivity contribution in [1.82, 2.24) is 14.5 Å². The van der Waals surface area contributed by atoms with Gasteiger partial charge in [0.25, 0.3) is 0 Å². The van der Waals surface area contributed by atoms with Crippen LogP contribution in [0.25, 0.3) is 22.2 Å². The maximum Gasteiger partial charge on any atom is 0.200 e. The number of Topliss-reactive ketones (excluding diaryl/α,β-unsaturated/α-hetero) is 1. The monoisotopic (exact) mass is 557 g/mol. The van der Waals surface area contributed by atoms with Crippen LogP contribution in [0, 0.1) is 11.6 Å². The van der Waals surface area contributed by atoms with Crippen LogP contribution in [0.4, 0.5) is 8.78 Å². The molecule has 8 nitrogen and oxygen atoms in total. The number of carbonyl (C=O) groups excluding carboxylic acids is 1. The Morgan fingerprint density at radius 3 is 2.49 bits per heavy atom. The Morgan fingerprint density at radius 2 is 1.80 bits per heavy atom. The van der Waals surface area contributed by atoms with Crippen LogP contribution in [0.2, 0.25) is 0 Å². The smallest absolute Gasteiger partial charge is 0.200 e. The van der Waals surface area contributed by atoms with Gasteiger partial charge in [0, 0.05) is 37.5 Å². The number of rotatable bonds is 9. The van der Waals surface area contributed by atoms with Crippen LogP contribution >= 0.6 is 0 Å². The fourth-order valence-corrected chi connectivity index (χ4v) is 4.58. The number of methoxy groups -OCH3 is 1. The van der Waals surface area contributed by atoms with Gasteiger partial charge in [0.05, 0.1) is 42.3 Å². The molecule has 0 amide bonds. The quantitative estimate of drug-likeness (QED) is 0.240. The van der Waals surface area contributed by atoms with Gasteiger partial charge >= 0.3 is 0 Å². The van der Waals surface area contributed by atoms with Crippen LogP contribution in [0.1, 0.15) is 28.5 Å². The van der Waals surface area contributed by atoms with Crippen molar-refractivity contribution >= 4 is 16.8 Å². The summed E-state index contributed by atoms with van der Waals surface area (Å²) in [5, 5.41) is 9.99. The summed E-state index contributed by atoms with van der Waals surface area (Å²) in [7, 11) is 1.51. The molecule has 0 saturated carbocycles. The molecule has 0 aliphatic rings. The average Bonchev–Trinajstić information content (AvgIpc) is 2.98. The highest BCUT2D eigenvalue weighted by Gasteiger charge is 2.21. The Morgan fingerprint density at radius 1 is 1.02 bits per heavy atom. The van der Waals surface area contributed by atoms with E-state index in [1.165, 1.54) is 68.2 Å². The molecule has 5 rings (SSSR count). The maximum absolute atomic E-state index is 15.1. The first-order chi connectivity index (χ1) is 19.8. The number of pyridine rings is 3. The van der Waals surface area contributed by atoms with Gasteiger partial charge < -0.3 is 19.1 Å². The van der Waals surface area contributed by atoms with Crippen molar-refractivity contribution < 1.29 is 28.2 Å². The first-order valence-electron chi connectivity index (χ1n) is 12.7. The van der Waals surface area contributed by atoms with Crippen molar-refractivity contribution in [3.63, 3.8) is 0 Å². The third kappa shape index (κ3) is 5.55. The highest BCUT2D eigenvalue weighted by molar-refractivity contribution is 5.98. The van der Waals surface area contributed by atoms with Gasteiger partial charge in [0.15, 0.2) is 23.1 Å². The Hall–Kier alpha value is -4.96. The van der Waals surface area contributed by atoms with E-state index in [1.54, 1.807) is 23.6 Å². The Labute approximate surface area is 233 Å². The number of aliphatic hydroxyl groups excluding tert-OH is 1. The van der Waals surface area contributed by atoms with Crippen molar-refractivity contribution in [1.29, 1.82) is 0 Å². The molecule has 0 atom stereocenters. The number of carbonyl (C=O) groups is 1. The minimum Gasteiger partial charge on any atom is -0.495 e. The number of aromatic nitrogens is 3. The molecule has 1 N–H and O–H groups in total. The molecule has 0 spiro atoms. The molecule has 10 heteroatoms. The van der Waals surface area contributed by atoms with Gasteiger partial charge in [-0.2, -0.15) is 0 Å². The fourth-order valence-electron chi connectivity index (χ4n) is 4.58. The standard InChI is InChI=1S/C31H25F2N3O5/c1-3-36-16-22(31(39)29(25(36)17-37)19-5-7-20(32)8-6-19)26(38)13-18-4-9-27(23(33)12-18)41-28-10-11-34-24-14-21(40-2)15-35-30(24)28/h4-12,14-16,37H,3,13,17H2,1-2H3. The lowest BCUT2D eigenvalue weighted by Crippen LogP contribution is -2.24. The minimum atomic E-state index is -0.706. The van der Waals surface area contributed by atoms with Gasteiger partial charge in [0.2, 0.25) is 5.43 Å². The first-order valence-corrected chi connectivity index (χ1v) is 12.7. The second-order valence-corrected chi connectivity index (χ2v) is 9.16. The maximum atomic E-state index is 15.1. The van der Waals surface area contributed by atoms with E-state index in [1.807, 2.05) is 0 Å². The molecule has 5 aromatic rings. The number of hydrogen-bond acceptors (Lipinski definition) is 7. The third-order valence-electron chi connectivity index (χ3n) is 6.65. The molecule has 0 saturated heterocycles. The number of ether oxygens (including phenoxy) is 2. The van der Waals surface area contributed by atoms with Crippen molar-refractivity contribution in [3.05, 3.63) is 112 Å². The second kappa shape index (κ2) is 11.6. The lowest BCUT2D eigenvalue weighted by atomic mass is 9.97. The van der Waals surface area contributed by atoms with Gasteiger partial charge in [0.1, 0.15) is 17.1 Å². The molecule has 0 fully saturated rings. The van der Waals surface area contributed by atoms with E-state index >= 15 is 4.39 Å². The van der Waals surface area contributed by atoms with E-state index in [0.29, 0.717) is 40.1 Å². The largest absolute Gasteiger partial charge is 0.495 e. The normalized spacial score (nSPS) is 11.0. The van der Waals surface area contributed by atoms with Gasteiger partial charge in [-0.15, -0.1) is 0 Å². The molecule has 0 aliphatic carbocycles. The van der Waals surface area contributed by atoms with Crippen molar-refractivity contribution in [2.45, 2.75) is 26.5 Å². The van der Waals surface area contributed by atoms with E-state index in [2.05, 4.69) is 9.97 Å². The molecular formula is C31H25F2N3O5. The summed E-state index contributed by atoms with van der Waals surface area (Å²) in [5.41, 5.74) is 1.35. The van der Waals surface area contributed by atoms with Gasteiger partial charge in [-0.05, 0) is 42.3 Å². The van der Waals surface area contributed by atoms with Crippen molar-refractivity contribution in [2.24, 2.45) is 0 Å². The Kier molecular flexibility index (Phi) is 7.84. The zero-order chi connectivity index (χ0) is 29.1. The summed E-state index contributed by atoms with van der Waals surface area (Å²) < 4.78 is 41.2. The van der Waals surface area contributed by atoms with Crippen LogP contribution in [0.15, 0.2) is 78.0 Å². The number of aliphatic hydroxyl groups is 1. The number of halogens is 2. The fraction of sp³-hybridized carbons (Fsp3) is 0.161. The number of benzene rings is 2. The zero-order valence-corrected chi connectivity index (χ0v) is 22.2. The molecule has 0 aliphatic heterocycles. The second-order valence-electron chi connectivity index (χ2n) is 9.16. The first kappa shape index (κ1) is 27.6. The molecule has 2 aromatic carbocycles. The van der Waals surface area contributed by atoms with Crippen LogP contribution in [-0.2, 0) is 19.6 Å². The summed E-state index contributed by atoms with van der Waals surface area (Å²) in [6.45, 7) is 1.72. The van der Waals surface area contributed by atoms with Crippen LogP contribution in [0.3, 0.4) is 0 Å². The van der Waals surface area contributed by atoms with Gasteiger partial charge in [-0.1, -0.05) is 18.2 Å². The summed E-state index contributed by atoms with van der Waals surface area (Å²) in [6, 6.07) is 12.6. The summed E-state index contributed by atoms with van der Waals surface area (Å²) >= 11 is 0. The summed E-state index contributed by atoms with van der Waals surface area (Å²) in [4.78, 5) is 35.3. The topological polar surface area (TPSA) is 104 Å². The number of fused-ring (bicyclic) bond motifs is 1. The van der Waals surface area contributed by atoms with Gasteiger partial charge in [-0.3, -0.25) is 14.6 Å². The molecule has 41 heavy (non-hydrogen) atoms. The molecular weight excluding hydrogens is 532 g/mol. The highest BCUT2D eigenvalue weighted by atomic mass is 19.1. The lowest BCUT2D eigenvalue weighted by Gasteiger charge is -2.17. The lowest BCUT2D eigenvalue weighted by molar-refractivity contribution is 0.0991. The molecule has 208 valence electrons. The highest BCUT2D eigenvalue weighted by Crippen LogP contribution is 2.31. The summed E-state index contributed by atoms with van der Waals surface area (Å²) in [5.74, 6) is -0.989. The van der Waals surface area contributed by atoms with Crippen LogP contribution in [0.5, 0.6) is 17.2 Å². The van der Waals surface area contributed by atoms with E-state index < -0.39 is 29.5 Å². The number of aryl methyl sites for hydroxylation is 1. The molecule has 3 aromatic heterocycles. The van der Waals surface area contributed by atoms with E-state index in [9.17, 15) is 19.1 Å². The summed E-state index contributed by atoms with van der Waals surface area (Å²) in [6.07, 6.45) is 4.16. The van der Waals surface area contributed by atoms with E-state index in [-0.39, 0.29) is 29.0 Å². The molecule has 0 bridgehead atoms. The third-order valence-corrected chi connectivity index (χ3v) is 6.65. The molecule has 0 unspecified atom stereocenters. The van der Waals surface area contributed by atoms with Gasteiger partial charge in [-0.25, -0.2) is 13.8 Å². The molecule has 3 heterocycles. The predicted molar refractivity (Wildman–Crippen MR) is 148 cm³/mol. The predicted octanol–water partition coefficient (Wildman–Crippen LogP) is 5.48. The van der Waals surface area contributed by atoms with Crippen molar-refractivity contribution in [2.75, 3.05) is 7.11 Å². The van der Waals surface area contributed by atoms with Crippen molar-refractivity contribution in [3.8, 4) is 28.4 Å². The average molecular weight is 558 g/mol. The molecule has 0 radical (unpaired) electrons. The SMILES string of the molecule is CCn1cc(C(=O)Cc2ccc(Oc3ccnc4cc(OC)cnc34)c(F)c2)c(=O)c(-c2ccc(F)cc2)c1CO. The van der Waals surface area contributed by atoms with E-state index in [4.69, 9.17) is 9.47 Å². The minimum absolute atomic E-state index is 0.0782. The number of nitrogens with zero attached hydrogens (tertiary/aromatic N) is 3. The van der Waals surface area contributed by atoms with Crippen LogP contribution < -0.4 is 14.9 Å². The Bertz CT molecular complexity index is 1820. The van der Waals surface area contributed by atoms with E-state index in [0.717, 1.165) is 0 Å².